The molecule has 20 heavy (non-hydrogen) atoms. The van der Waals surface area contributed by atoms with Gasteiger partial charge in [0.05, 0.1) is 6.54 Å². The van der Waals surface area contributed by atoms with Crippen molar-refractivity contribution < 1.29 is 4.52 Å². The van der Waals surface area contributed by atoms with Crippen LogP contribution in [-0.4, -0.2) is 16.2 Å². The molecule has 0 bridgehead atoms. The van der Waals surface area contributed by atoms with Crippen LogP contribution in [0.25, 0.3) is 11.4 Å². The first-order valence-corrected chi connectivity index (χ1v) is 7.84. The van der Waals surface area contributed by atoms with Gasteiger partial charge in [-0.1, -0.05) is 40.0 Å². The molecule has 0 aliphatic heterocycles. The smallest absolute Gasteiger partial charge is 0.240 e. The van der Waals surface area contributed by atoms with Crippen molar-refractivity contribution in [3.05, 3.63) is 34.1 Å². The van der Waals surface area contributed by atoms with Crippen LogP contribution in [0.1, 0.15) is 37.1 Å². The van der Waals surface area contributed by atoms with Gasteiger partial charge in [-0.2, -0.15) is 4.98 Å². The Balaban J connectivity index is 1.69. The van der Waals surface area contributed by atoms with Crippen LogP contribution < -0.4 is 5.32 Å². The number of nitrogens with zero attached hydrogens (tertiary/aromatic N) is 2. The van der Waals surface area contributed by atoms with Crippen molar-refractivity contribution in [3.8, 4) is 11.4 Å². The Morgan fingerprint density at radius 1 is 1.35 bits per heavy atom. The van der Waals surface area contributed by atoms with Crippen LogP contribution in [0.4, 0.5) is 0 Å². The zero-order chi connectivity index (χ0) is 13.9. The van der Waals surface area contributed by atoms with Crippen LogP contribution in [0.5, 0.6) is 0 Å². The van der Waals surface area contributed by atoms with Gasteiger partial charge in [0.2, 0.25) is 11.7 Å². The van der Waals surface area contributed by atoms with Crippen LogP contribution in [0.2, 0.25) is 0 Å². The maximum atomic E-state index is 5.32. The van der Waals surface area contributed by atoms with Gasteiger partial charge in [-0.3, -0.25) is 0 Å². The van der Waals surface area contributed by atoms with Crippen LogP contribution >= 0.6 is 15.9 Å². The molecule has 0 saturated heterocycles. The van der Waals surface area contributed by atoms with E-state index in [1.54, 1.807) is 0 Å². The molecule has 0 atom stereocenters. The van der Waals surface area contributed by atoms with Crippen molar-refractivity contribution in [2.45, 2.75) is 45.2 Å². The molecule has 0 spiro atoms. The normalized spacial score (nSPS) is 15.9. The van der Waals surface area contributed by atoms with E-state index in [0.717, 1.165) is 10.0 Å². The Hall–Kier alpha value is -1.20. The van der Waals surface area contributed by atoms with Gasteiger partial charge in [-0.15, -0.1) is 0 Å². The number of aromatic nitrogens is 2. The minimum Gasteiger partial charge on any atom is -0.338 e. The maximum Gasteiger partial charge on any atom is 0.240 e. The summed E-state index contributed by atoms with van der Waals surface area (Å²) in [6, 6.07) is 6.73. The molecule has 0 radical (unpaired) electrons. The SMILES string of the molecule is Cc1ccc(-c2noc(CNC3CCCC3)n2)c(Br)c1. The highest BCUT2D eigenvalue weighted by molar-refractivity contribution is 9.10. The molecule has 1 heterocycles. The van der Waals surface area contributed by atoms with E-state index in [1.165, 1.54) is 31.2 Å². The summed E-state index contributed by atoms with van der Waals surface area (Å²) in [4.78, 5) is 4.46. The standard InChI is InChI=1S/C15H18BrN3O/c1-10-6-7-12(13(16)8-10)15-18-14(20-19-15)9-17-11-4-2-3-5-11/h6-8,11,17H,2-5,9H2,1H3. The van der Waals surface area contributed by atoms with E-state index in [0.29, 0.717) is 24.3 Å². The number of hydrogen-bond acceptors (Lipinski definition) is 4. The van der Waals surface area contributed by atoms with Crippen molar-refractivity contribution >= 4 is 15.9 Å². The van der Waals surface area contributed by atoms with Gasteiger partial charge in [0.15, 0.2) is 0 Å². The highest BCUT2D eigenvalue weighted by Gasteiger charge is 2.16. The molecule has 2 aromatic rings. The minimum absolute atomic E-state index is 0.608. The number of benzene rings is 1. The molecular weight excluding hydrogens is 318 g/mol. The number of nitrogens with one attached hydrogen (secondary N) is 1. The zero-order valence-electron chi connectivity index (χ0n) is 11.5. The third-order valence-electron chi connectivity index (χ3n) is 3.73. The van der Waals surface area contributed by atoms with E-state index in [2.05, 4.69) is 44.4 Å². The number of aryl methyl sites for hydroxylation is 1. The quantitative estimate of drug-likeness (QED) is 0.922. The summed E-state index contributed by atoms with van der Waals surface area (Å²) in [7, 11) is 0. The van der Waals surface area contributed by atoms with Gasteiger partial charge in [0, 0.05) is 16.1 Å². The summed E-state index contributed by atoms with van der Waals surface area (Å²) in [5.74, 6) is 1.29. The fourth-order valence-corrected chi connectivity index (χ4v) is 3.27. The highest BCUT2D eigenvalue weighted by atomic mass is 79.9. The van der Waals surface area contributed by atoms with Crippen molar-refractivity contribution in [1.82, 2.24) is 15.5 Å². The summed E-state index contributed by atoms with van der Waals surface area (Å²) in [5, 5.41) is 7.54. The van der Waals surface area contributed by atoms with Gasteiger partial charge in [0.1, 0.15) is 0 Å². The second-order valence-electron chi connectivity index (χ2n) is 5.36. The van der Waals surface area contributed by atoms with Crippen molar-refractivity contribution in [3.63, 3.8) is 0 Å². The van der Waals surface area contributed by atoms with Gasteiger partial charge < -0.3 is 9.84 Å². The molecule has 5 heteroatoms. The molecule has 4 nitrogen and oxygen atoms in total. The molecule has 106 valence electrons. The lowest BCUT2D eigenvalue weighted by molar-refractivity contribution is 0.357. The summed E-state index contributed by atoms with van der Waals surface area (Å²) in [6.45, 7) is 2.71. The Bertz CT molecular complexity index is 591. The van der Waals surface area contributed by atoms with E-state index in [9.17, 15) is 0 Å². The molecule has 1 aliphatic rings. The summed E-state index contributed by atoms with van der Waals surface area (Å²) < 4.78 is 6.31. The van der Waals surface area contributed by atoms with E-state index in [4.69, 9.17) is 4.52 Å². The van der Waals surface area contributed by atoms with Crippen LogP contribution in [0, 0.1) is 6.92 Å². The molecule has 1 aromatic carbocycles. The van der Waals surface area contributed by atoms with E-state index in [1.807, 2.05) is 12.1 Å². The number of rotatable bonds is 4. The lowest BCUT2D eigenvalue weighted by Gasteiger charge is -2.08. The predicted octanol–water partition coefficient (Wildman–Crippen LogP) is 3.84. The fourth-order valence-electron chi connectivity index (χ4n) is 2.60. The topological polar surface area (TPSA) is 51.0 Å². The average Bonchev–Trinajstić information content (AvgIpc) is 3.07. The summed E-state index contributed by atoms with van der Waals surface area (Å²) in [5.41, 5.74) is 2.17. The molecule has 1 aliphatic carbocycles. The Morgan fingerprint density at radius 3 is 2.90 bits per heavy atom. The molecule has 1 fully saturated rings. The van der Waals surface area contributed by atoms with Crippen LogP contribution in [0.3, 0.4) is 0 Å². The first-order valence-electron chi connectivity index (χ1n) is 7.05. The molecule has 1 N–H and O–H groups in total. The molecule has 1 aromatic heterocycles. The third-order valence-corrected chi connectivity index (χ3v) is 4.39. The Morgan fingerprint density at radius 2 is 2.15 bits per heavy atom. The van der Waals surface area contributed by atoms with E-state index in [-0.39, 0.29) is 0 Å². The Labute approximate surface area is 127 Å². The summed E-state index contributed by atoms with van der Waals surface area (Å²) >= 11 is 3.55. The number of hydrogen-bond donors (Lipinski definition) is 1. The molecule has 0 unspecified atom stereocenters. The largest absolute Gasteiger partial charge is 0.338 e. The lowest BCUT2D eigenvalue weighted by atomic mass is 10.1. The van der Waals surface area contributed by atoms with Crippen molar-refractivity contribution in [2.75, 3.05) is 0 Å². The minimum atomic E-state index is 0.608. The fraction of sp³-hybridized carbons (Fsp3) is 0.467. The molecule has 3 rings (SSSR count). The van der Waals surface area contributed by atoms with Crippen molar-refractivity contribution in [1.29, 1.82) is 0 Å². The second-order valence-corrected chi connectivity index (χ2v) is 6.21. The zero-order valence-corrected chi connectivity index (χ0v) is 13.1. The Kier molecular flexibility index (Phi) is 4.17. The highest BCUT2D eigenvalue weighted by Crippen LogP contribution is 2.27. The van der Waals surface area contributed by atoms with Gasteiger partial charge in [-0.25, -0.2) is 0 Å². The van der Waals surface area contributed by atoms with Gasteiger partial charge in [0.25, 0.3) is 0 Å². The first-order chi connectivity index (χ1) is 9.72. The van der Waals surface area contributed by atoms with Gasteiger partial charge in [-0.05, 0) is 37.5 Å². The van der Waals surface area contributed by atoms with Crippen LogP contribution in [-0.2, 0) is 6.54 Å². The van der Waals surface area contributed by atoms with Crippen molar-refractivity contribution in [2.24, 2.45) is 0 Å². The third kappa shape index (κ3) is 3.10. The maximum absolute atomic E-state index is 5.32. The molecule has 0 amide bonds. The monoisotopic (exact) mass is 335 g/mol. The van der Waals surface area contributed by atoms with Gasteiger partial charge >= 0.3 is 0 Å². The van der Waals surface area contributed by atoms with E-state index >= 15 is 0 Å². The van der Waals surface area contributed by atoms with E-state index < -0.39 is 0 Å². The predicted molar refractivity (Wildman–Crippen MR) is 81.3 cm³/mol. The molecule has 1 saturated carbocycles. The average molecular weight is 336 g/mol. The second kappa shape index (κ2) is 6.06. The van der Waals surface area contributed by atoms with Crippen LogP contribution in [0.15, 0.2) is 27.2 Å². The number of halogens is 1. The summed E-state index contributed by atoms with van der Waals surface area (Å²) in [6.07, 6.45) is 5.15. The lowest BCUT2D eigenvalue weighted by Crippen LogP contribution is -2.25. The molecular formula is C15H18BrN3O. The first kappa shape index (κ1) is 13.8.